The third-order valence-electron chi connectivity index (χ3n) is 4.52. The Kier molecular flexibility index (Phi) is 6.70. The number of nitrogens with one attached hydrogen (secondary N) is 2. The largest absolute Gasteiger partial charge is 0.492 e. The molecule has 0 spiro atoms. The molecule has 0 saturated carbocycles. The molecule has 3 amide bonds. The highest BCUT2D eigenvalue weighted by atomic mass is 32.1. The van der Waals surface area contributed by atoms with Gasteiger partial charge >= 0.3 is 6.03 Å². The van der Waals surface area contributed by atoms with Crippen LogP contribution >= 0.6 is 11.3 Å². The minimum atomic E-state index is -0.221. The molecule has 0 aliphatic carbocycles. The number of benzene rings is 1. The summed E-state index contributed by atoms with van der Waals surface area (Å²) in [5, 5.41) is 7.88. The molecule has 144 valence electrons. The SMILES string of the molecule is CCOc1ccccc1NC(=O)C1CCCN(C(=O)NCc2cccs2)C1. The number of hydrogen-bond acceptors (Lipinski definition) is 4. The van der Waals surface area contributed by atoms with Crippen molar-refractivity contribution >= 4 is 29.0 Å². The summed E-state index contributed by atoms with van der Waals surface area (Å²) >= 11 is 1.61. The van der Waals surface area contributed by atoms with Gasteiger partial charge in [0.1, 0.15) is 5.75 Å². The summed E-state index contributed by atoms with van der Waals surface area (Å²) in [7, 11) is 0. The van der Waals surface area contributed by atoms with Gasteiger partial charge in [0.15, 0.2) is 0 Å². The molecule has 2 aromatic rings. The second kappa shape index (κ2) is 9.41. The minimum absolute atomic E-state index is 0.0714. The van der Waals surface area contributed by atoms with Crippen molar-refractivity contribution in [2.75, 3.05) is 25.0 Å². The molecule has 1 atom stereocenters. The van der Waals surface area contributed by atoms with Gasteiger partial charge in [-0.3, -0.25) is 4.79 Å². The van der Waals surface area contributed by atoms with Crippen molar-refractivity contribution in [1.29, 1.82) is 0 Å². The van der Waals surface area contributed by atoms with Crippen LogP contribution in [-0.4, -0.2) is 36.5 Å². The van der Waals surface area contributed by atoms with Crippen molar-refractivity contribution in [3.05, 3.63) is 46.7 Å². The van der Waals surface area contributed by atoms with E-state index in [0.29, 0.717) is 37.7 Å². The molecule has 1 aromatic carbocycles. The van der Waals surface area contributed by atoms with E-state index in [1.165, 1.54) is 0 Å². The summed E-state index contributed by atoms with van der Waals surface area (Å²) in [5.74, 6) is 0.369. The molecule has 1 saturated heterocycles. The van der Waals surface area contributed by atoms with Gasteiger partial charge in [0, 0.05) is 18.0 Å². The fraction of sp³-hybridized carbons (Fsp3) is 0.400. The number of hydrogen-bond donors (Lipinski definition) is 2. The summed E-state index contributed by atoms with van der Waals surface area (Å²) in [4.78, 5) is 28.0. The van der Waals surface area contributed by atoms with Crippen LogP contribution in [0.4, 0.5) is 10.5 Å². The highest BCUT2D eigenvalue weighted by molar-refractivity contribution is 7.09. The molecular weight excluding hydrogens is 362 g/mol. The zero-order valence-electron chi connectivity index (χ0n) is 15.4. The van der Waals surface area contributed by atoms with Crippen molar-refractivity contribution in [3.8, 4) is 5.75 Å². The number of piperidine rings is 1. The van der Waals surface area contributed by atoms with Crippen LogP contribution in [0.5, 0.6) is 5.75 Å². The normalized spacial score (nSPS) is 16.6. The maximum atomic E-state index is 12.7. The van der Waals surface area contributed by atoms with E-state index in [4.69, 9.17) is 4.74 Å². The van der Waals surface area contributed by atoms with Gasteiger partial charge in [-0.05, 0) is 43.3 Å². The van der Waals surface area contributed by atoms with Crippen LogP contribution in [0.15, 0.2) is 41.8 Å². The van der Waals surface area contributed by atoms with E-state index in [-0.39, 0.29) is 17.9 Å². The Bertz CT molecular complexity index is 764. The van der Waals surface area contributed by atoms with Gasteiger partial charge in [0.05, 0.1) is 24.8 Å². The number of amides is 3. The summed E-state index contributed by atoms with van der Waals surface area (Å²) in [5.41, 5.74) is 0.670. The highest BCUT2D eigenvalue weighted by Gasteiger charge is 2.28. The van der Waals surface area contributed by atoms with E-state index in [1.54, 1.807) is 16.2 Å². The zero-order valence-corrected chi connectivity index (χ0v) is 16.3. The molecule has 3 rings (SSSR count). The molecule has 1 aliphatic heterocycles. The lowest BCUT2D eigenvalue weighted by molar-refractivity contribution is -0.121. The summed E-state index contributed by atoms with van der Waals surface area (Å²) < 4.78 is 5.56. The first-order valence-corrected chi connectivity index (χ1v) is 10.1. The van der Waals surface area contributed by atoms with Gasteiger partial charge in [0.25, 0.3) is 0 Å². The van der Waals surface area contributed by atoms with Crippen LogP contribution in [0.25, 0.3) is 0 Å². The lowest BCUT2D eigenvalue weighted by atomic mass is 9.97. The number of ether oxygens (including phenoxy) is 1. The fourth-order valence-electron chi connectivity index (χ4n) is 3.15. The average Bonchev–Trinajstić information content (AvgIpc) is 3.21. The van der Waals surface area contributed by atoms with Crippen LogP contribution in [-0.2, 0) is 11.3 Å². The van der Waals surface area contributed by atoms with Crippen LogP contribution in [0.1, 0.15) is 24.6 Å². The minimum Gasteiger partial charge on any atom is -0.492 e. The van der Waals surface area contributed by atoms with Crippen LogP contribution in [0.3, 0.4) is 0 Å². The number of urea groups is 1. The van der Waals surface area contributed by atoms with E-state index in [2.05, 4.69) is 10.6 Å². The second-order valence-corrected chi connectivity index (χ2v) is 7.47. The number of carbonyl (C=O) groups is 2. The fourth-order valence-corrected chi connectivity index (χ4v) is 3.79. The molecule has 0 radical (unpaired) electrons. The third-order valence-corrected chi connectivity index (χ3v) is 5.39. The van der Waals surface area contributed by atoms with Gasteiger partial charge < -0.3 is 20.3 Å². The molecule has 2 N–H and O–H groups in total. The maximum Gasteiger partial charge on any atom is 0.317 e. The zero-order chi connectivity index (χ0) is 19.1. The van der Waals surface area contributed by atoms with Crippen molar-refractivity contribution in [3.63, 3.8) is 0 Å². The Labute approximate surface area is 163 Å². The monoisotopic (exact) mass is 387 g/mol. The topological polar surface area (TPSA) is 70.7 Å². The highest BCUT2D eigenvalue weighted by Crippen LogP contribution is 2.26. The van der Waals surface area contributed by atoms with Gasteiger partial charge in [-0.1, -0.05) is 18.2 Å². The molecule has 6 nitrogen and oxygen atoms in total. The van der Waals surface area contributed by atoms with Gasteiger partial charge in [0.2, 0.25) is 5.91 Å². The smallest absolute Gasteiger partial charge is 0.317 e. The number of carbonyl (C=O) groups excluding carboxylic acids is 2. The van der Waals surface area contributed by atoms with Crippen molar-refractivity contribution in [2.45, 2.75) is 26.3 Å². The van der Waals surface area contributed by atoms with Gasteiger partial charge in [-0.15, -0.1) is 11.3 Å². The van der Waals surface area contributed by atoms with E-state index < -0.39 is 0 Å². The molecule has 1 unspecified atom stereocenters. The Morgan fingerprint density at radius 2 is 2.11 bits per heavy atom. The van der Waals surface area contributed by atoms with E-state index in [0.717, 1.165) is 17.7 Å². The van der Waals surface area contributed by atoms with Crippen LogP contribution < -0.4 is 15.4 Å². The quantitative estimate of drug-likeness (QED) is 0.794. The summed E-state index contributed by atoms with van der Waals surface area (Å²) in [6, 6.07) is 11.3. The first-order valence-electron chi connectivity index (χ1n) is 9.25. The summed E-state index contributed by atoms with van der Waals surface area (Å²) in [6.45, 7) is 4.07. The lowest BCUT2D eigenvalue weighted by Gasteiger charge is -2.32. The van der Waals surface area contributed by atoms with Crippen molar-refractivity contribution in [1.82, 2.24) is 10.2 Å². The van der Waals surface area contributed by atoms with Crippen molar-refractivity contribution in [2.24, 2.45) is 5.92 Å². The molecule has 1 aliphatic rings. The van der Waals surface area contributed by atoms with Crippen LogP contribution in [0.2, 0.25) is 0 Å². The lowest BCUT2D eigenvalue weighted by Crippen LogP contribution is -2.47. The van der Waals surface area contributed by atoms with Gasteiger partial charge in [-0.2, -0.15) is 0 Å². The number of likely N-dealkylation sites (tertiary alicyclic amines) is 1. The standard InChI is InChI=1S/C20H25N3O3S/c1-2-26-18-10-4-3-9-17(18)22-19(24)15-7-5-11-23(14-15)20(25)21-13-16-8-6-12-27-16/h3-4,6,8-10,12,15H,2,5,7,11,13-14H2,1H3,(H,21,25)(H,22,24). The maximum absolute atomic E-state index is 12.7. The van der Waals surface area contributed by atoms with Crippen LogP contribution in [0, 0.1) is 5.92 Å². The second-order valence-electron chi connectivity index (χ2n) is 6.44. The Hall–Kier alpha value is -2.54. The van der Waals surface area contributed by atoms with E-state index in [9.17, 15) is 9.59 Å². The molecule has 1 aromatic heterocycles. The average molecular weight is 388 g/mol. The molecular formula is C20H25N3O3S. The van der Waals surface area contributed by atoms with Crippen molar-refractivity contribution < 1.29 is 14.3 Å². The number of anilines is 1. The Balaban J connectivity index is 1.55. The number of rotatable bonds is 6. The van der Waals surface area contributed by atoms with Gasteiger partial charge in [-0.25, -0.2) is 4.79 Å². The Morgan fingerprint density at radius 1 is 1.26 bits per heavy atom. The first kappa shape index (κ1) is 19.2. The Morgan fingerprint density at radius 3 is 2.89 bits per heavy atom. The number of para-hydroxylation sites is 2. The predicted molar refractivity (Wildman–Crippen MR) is 107 cm³/mol. The molecule has 2 heterocycles. The number of nitrogens with zero attached hydrogens (tertiary/aromatic N) is 1. The number of thiophene rings is 1. The predicted octanol–water partition coefficient (Wildman–Crippen LogP) is 3.71. The molecule has 0 bridgehead atoms. The van der Waals surface area contributed by atoms with E-state index in [1.807, 2.05) is 48.7 Å². The third kappa shape index (κ3) is 5.23. The summed E-state index contributed by atoms with van der Waals surface area (Å²) in [6.07, 6.45) is 1.59. The molecule has 27 heavy (non-hydrogen) atoms. The first-order chi connectivity index (χ1) is 13.2. The molecule has 7 heteroatoms. The van der Waals surface area contributed by atoms with E-state index >= 15 is 0 Å². The molecule has 1 fully saturated rings.